The van der Waals surface area contributed by atoms with Gasteiger partial charge in [0.05, 0.1) is 11.9 Å². The number of carbonyl (C=O) groups excluding carboxylic acids is 1. The zero-order valence-corrected chi connectivity index (χ0v) is 12.9. The Morgan fingerprint density at radius 2 is 2.20 bits per heavy atom. The zero-order chi connectivity index (χ0) is 15.0. The van der Waals surface area contributed by atoms with Crippen molar-refractivity contribution in [3.63, 3.8) is 0 Å². The molecule has 0 aliphatic heterocycles. The largest absolute Gasteiger partial charge is 0.354 e. The van der Waals surface area contributed by atoms with Crippen LogP contribution < -0.4 is 11.1 Å². The van der Waals surface area contributed by atoms with Gasteiger partial charge in [-0.2, -0.15) is 0 Å². The number of hydrogen-bond donors (Lipinski definition) is 2. The van der Waals surface area contributed by atoms with Gasteiger partial charge in [0.15, 0.2) is 0 Å². The number of hydrogen-bond acceptors (Lipinski definition) is 4. The molecule has 6 nitrogen and oxygen atoms in total. The van der Waals surface area contributed by atoms with Gasteiger partial charge in [0.25, 0.3) is 0 Å². The molecule has 0 radical (unpaired) electrons. The topological polar surface area (TPSA) is 85.8 Å². The molecule has 1 aromatic heterocycles. The average molecular weight is 281 g/mol. The molecule has 3 N–H and O–H groups in total. The van der Waals surface area contributed by atoms with Crippen LogP contribution in [0.1, 0.15) is 52.1 Å². The normalized spacial score (nSPS) is 11.6. The summed E-state index contributed by atoms with van der Waals surface area (Å²) in [5, 5.41) is 10.7. The van der Waals surface area contributed by atoms with Crippen LogP contribution >= 0.6 is 0 Å². The zero-order valence-electron chi connectivity index (χ0n) is 12.9. The molecule has 0 atom stereocenters. The maximum absolute atomic E-state index is 11.9. The highest BCUT2D eigenvalue weighted by Gasteiger charge is 2.18. The first kappa shape index (κ1) is 16.6. The summed E-state index contributed by atoms with van der Waals surface area (Å²) in [6.07, 6.45) is 6.51. The van der Waals surface area contributed by atoms with Gasteiger partial charge in [-0.25, -0.2) is 4.68 Å². The van der Waals surface area contributed by atoms with Crippen LogP contribution in [0.25, 0.3) is 0 Å². The molecule has 0 fully saturated rings. The third-order valence-electron chi connectivity index (χ3n) is 3.32. The van der Waals surface area contributed by atoms with Crippen molar-refractivity contribution in [1.82, 2.24) is 20.3 Å². The lowest BCUT2D eigenvalue weighted by Crippen LogP contribution is -2.36. The molecule has 114 valence electrons. The predicted molar refractivity (Wildman–Crippen MR) is 78.8 cm³/mol. The third kappa shape index (κ3) is 6.14. The smallest absolute Gasteiger partial charge is 0.241 e. The quantitative estimate of drug-likeness (QED) is 0.671. The highest BCUT2D eigenvalue weighted by Crippen LogP contribution is 2.22. The number of amides is 1. The lowest BCUT2D eigenvalue weighted by atomic mass is 9.87. The van der Waals surface area contributed by atoms with Crippen molar-refractivity contribution in [3.05, 3.63) is 11.9 Å². The van der Waals surface area contributed by atoms with Crippen LogP contribution in [0.3, 0.4) is 0 Å². The minimum Gasteiger partial charge on any atom is -0.354 e. The summed E-state index contributed by atoms with van der Waals surface area (Å²) in [7, 11) is 0. The van der Waals surface area contributed by atoms with Gasteiger partial charge in [-0.15, -0.1) is 5.10 Å². The van der Waals surface area contributed by atoms with Crippen LogP contribution in [0.5, 0.6) is 0 Å². The number of rotatable bonds is 9. The van der Waals surface area contributed by atoms with Crippen LogP contribution in [-0.2, 0) is 17.9 Å². The van der Waals surface area contributed by atoms with Gasteiger partial charge in [-0.3, -0.25) is 4.79 Å². The van der Waals surface area contributed by atoms with Crippen LogP contribution in [0.2, 0.25) is 0 Å². The van der Waals surface area contributed by atoms with Crippen LogP contribution in [0.15, 0.2) is 6.20 Å². The number of carbonyl (C=O) groups is 1. The first-order valence-corrected chi connectivity index (χ1v) is 7.32. The van der Waals surface area contributed by atoms with Crippen molar-refractivity contribution < 1.29 is 4.79 Å². The van der Waals surface area contributed by atoms with Crippen LogP contribution in [-0.4, -0.2) is 27.4 Å². The first-order chi connectivity index (χ1) is 9.46. The van der Waals surface area contributed by atoms with E-state index in [2.05, 4.69) is 36.4 Å². The van der Waals surface area contributed by atoms with Crippen molar-refractivity contribution in [2.24, 2.45) is 11.1 Å². The summed E-state index contributed by atoms with van der Waals surface area (Å²) in [5.41, 5.74) is 6.28. The molecule has 1 aromatic rings. The molecule has 0 saturated heterocycles. The van der Waals surface area contributed by atoms with Crippen molar-refractivity contribution >= 4 is 5.91 Å². The fourth-order valence-corrected chi connectivity index (χ4v) is 1.99. The fourth-order valence-electron chi connectivity index (χ4n) is 1.99. The molecule has 6 heteroatoms. The summed E-state index contributed by atoms with van der Waals surface area (Å²) in [6.45, 7) is 7.79. The minimum absolute atomic E-state index is 0.0398. The fraction of sp³-hybridized carbons (Fsp3) is 0.786. The average Bonchev–Trinajstić information content (AvgIpc) is 2.84. The third-order valence-corrected chi connectivity index (χ3v) is 3.32. The highest BCUT2D eigenvalue weighted by molar-refractivity contribution is 5.75. The molecule has 0 spiro atoms. The molecule has 0 saturated carbocycles. The van der Waals surface area contributed by atoms with Crippen molar-refractivity contribution in [3.8, 4) is 0 Å². The van der Waals surface area contributed by atoms with Gasteiger partial charge in [-0.05, 0) is 11.8 Å². The summed E-state index contributed by atoms with van der Waals surface area (Å²) in [5.74, 6) is -0.0398. The molecule has 0 aliphatic rings. The maximum Gasteiger partial charge on any atom is 0.241 e. The second-order valence-electron chi connectivity index (χ2n) is 6.01. The predicted octanol–water partition coefficient (Wildman–Crippen LogP) is 1.46. The summed E-state index contributed by atoms with van der Waals surface area (Å²) in [4.78, 5) is 11.9. The number of aromatic nitrogens is 3. The minimum atomic E-state index is -0.0398. The Balaban J connectivity index is 2.31. The molecule has 1 heterocycles. The Morgan fingerprint density at radius 1 is 1.45 bits per heavy atom. The van der Waals surface area contributed by atoms with Gasteiger partial charge in [0.1, 0.15) is 6.54 Å². The van der Waals surface area contributed by atoms with E-state index in [1.807, 2.05) is 0 Å². The number of nitrogens with zero attached hydrogens (tertiary/aromatic N) is 3. The van der Waals surface area contributed by atoms with E-state index >= 15 is 0 Å². The summed E-state index contributed by atoms with van der Waals surface area (Å²) >= 11 is 0. The van der Waals surface area contributed by atoms with E-state index in [1.165, 1.54) is 23.9 Å². The number of unbranched alkanes of at least 4 members (excludes halogenated alkanes) is 2. The van der Waals surface area contributed by atoms with E-state index < -0.39 is 0 Å². The summed E-state index contributed by atoms with van der Waals surface area (Å²) in [6, 6.07) is 0. The molecule has 0 unspecified atom stereocenters. The van der Waals surface area contributed by atoms with E-state index in [0.717, 1.165) is 6.42 Å². The molecule has 0 aliphatic carbocycles. The van der Waals surface area contributed by atoms with Crippen molar-refractivity contribution in [2.75, 3.05) is 6.54 Å². The molecular formula is C14H27N5O. The van der Waals surface area contributed by atoms with Gasteiger partial charge in [0.2, 0.25) is 5.91 Å². The van der Waals surface area contributed by atoms with E-state index in [9.17, 15) is 4.79 Å². The first-order valence-electron chi connectivity index (χ1n) is 7.32. The van der Waals surface area contributed by atoms with Crippen molar-refractivity contribution in [2.45, 2.75) is 59.5 Å². The van der Waals surface area contributed by atoms with Crippen LogP contribution in [0.4, 0.5) is 0 Å². The Bertz CT molecular complexity index is 413. The Morgan fingerprint density at radius 3 is 2.80 bits per heavy atom. The van der Waals surface area contributed by atoms with E-state index in [1.54, 1.807) is 6.20 Å². The second-order valence-corrected chi connectivity index (χ2v) is 6.01. The molecule has 1 amide bonds. The Labute approximate surface area is 121 Å². The van der Waals surface area contributed by atoms with Gasteiger partial charge < -0.3 is 11.1 Å². The maximum atomic E-state index is 11.9. The Hall–Kier alpha value is -1.43. The van der Waals surface area contributed by atoms with Crippen LogP contribution in [0, 0.1) is 5.41 Å². The standard InChI is InChI=1S/C14H27N5O/c1-4-5-6-7-14(2,3)11-16-13(20)10-19-9-12(8-15)17-18-19/h9H,4-8,10-11,15H2,1-3H3,(H,16,20). The molecular weight excluding hydrogens is 254 g/mol. The molecule has 20 heavy (non-hydrogen) atoms. The number of nitrogens with one attached hydrogen (secondary N) is 1. The second kappa shape index (κ2) is 7.99. The summed E-state index contributed by atoms with van der Waals surface area (Å²) < 4.78 is 1.52. The molecule has 1 rings (SSSR count). The van der Waals surface area contributed by atoms with Crippen molar-refractivity contribution in [1.29, 1.82) is 0 Å². The monoisotopic (exact) mass is 281 g/mol. The Kier molecular flexibility index (Phi) is 6.64. The van der Waals surface area contributed by atoms with Gasteiger partial charge in [0, 0.05) is 13.1 Å². The number of nitrogens with two attached hydrogens (primary N) is 1. The van der Waals surface area contributed by atoms with E-state index in [-0.39, 0.29) is 17.9 Å². The van der Waals surface area contributed by atoms with E-state index in [4.69, 9.17) is 5.73 Å². The lowest BCUT2D eigenvalue weighted by molar-refractivity contribution is -0.122. The SMILES string of the molecule is CCCCCC(C)(C)CNC(=O)Cn1cc(CN)nn1. The van der Waals surface area contributed by atoms with Gasteiger partial charge >= 0.3 is 0 Å². The van der Waals surface area contributed by atoms with Gasteiger partial charge in [-0.1, -0.05) is 45.2 Å². The molecule has 0 aromatic carbocycles. The molecule has 0 bridgehead atoms. The lowest BCUT2D eigenvalue weighted by Gasteiger charge is -2.24. The highest BCUT2D eigenvalue weighted by atomic mass is 16.2. The van der Waals surface area contributed by atoms with E-state index in [0.29, 0.717) is 18.8 Å².